The molecule has 0 spiro atoms. The first-order valence-electron chi connectivity index (χ1n) is 8.86. The van der Waals surface area contributed by atoms with Crippen molar-refractivity contribution < 1.29 is 19.0 Å². The zero-order valence-corrected chi connectivity index (χ0v) is 16.4. The Morgan fingerprint density at radius 2 is 1.90 bits per heavy atom. The van der Waals surface area contributed by atoms with Crippen LogP contribution in [0.3, 0.4) is 0 Å². The highest BCUT2D eigenvalue weighted by atomic mass is 16.5. The van der Waals surface area contributed by atoms with Crippen LogP contribution in [0.2, 0.25) is 0 Å². The summed E-state index contributed by atoms with van der Waals surface area (Å²) in [6, 6.07) is 16.3. The normalized spacial score (nSPS) is 16.0. The van der Waals surface area contributed by atoms with Crippen molar-refractivity contribution in [3.8, 4) is 17.6 Å². The molecule has 0 saturated carbocycles. The molecule has 0 bridgehead atoms. The van der Waals surface area contributed by atoms with Crippen LogP contribution in [-0.2, 0) is 9.53 Å². The Labute approximate surface area is 169 Å². The second kappa shape index (κ2) is 8.40. The third-order valence-electron chi connectivity index (χ3n) is 4.63. The number of nitriles is 1. The number of hydrogen-bond donors (Lipinski definition) is 2. The molecule has 7 nitrogen and oxygen atoms in total. The van der Waals surface area contributed by atoms with Gasteiger partial charge in [-0.3, -0.25) is 4.79 Å². The summed E-state index contributed by atoms with van der Waals surface area (Å²) in [7, 11) is 3.06. The van der Waals surface area contributed by atoms with Crippen molar-refractivity contribution >= 4 is 11.6 Å². The zero-order chi connectivity index (χ0) is 21.0. The molecule has 0 radical (unpaired) electrons. The molecule has 0 fully saturated rings. The molecular formula is C22H21N3O4. The highest BCUT2D eigenvalue weighted by Crippen LogP contribution is 2.43. The van der Waals surface area contributed by atoms with Gasteiger partial charge < -0.3 is 25.3 Å². The van der Waals surface area contributed by atoms with E-state index in [-0.39, 0.29) is 17.0 Å². The summed E-state index contributed by atoms with van der Waals surface area (Å²) in [5.74, 6) is 0.191. The predicted molar refractivity (Wildman–Crippen MR) is 108 cm³/mol. The molecule has 29 heavy (non-hydrogen) atoms. The van der Waals surface area contributed by atoms with Crippen LogP contribution >= 0.6 is 0 Å². The Balaban J connectivity index is 2.12. The van der Waals surface area contributed by atoms with Crippen LogP contribution < -0.4 is 20.5 Å². The lowest BCUT2D eigenvalue weighted by atomic mass is 9.82. The predicted octanol–water partition coefficient (Wildman–Crippen LogP) is 3.42. The number of amides is 1. The van der Waals surface area contributed by atoms with Crippen LogP contribution in [0, 0.1) is 11.3 Å². The Morgan fingerprint density at radius 3 is 2.52 bits per heavy atom. The van der Waals surface area contributed by atoms with Crippen molar-refractivity contribution in [3.63, 3.8) is 0 Å². The molecule has 0 unspecified atom stereocenters. The first kappa shape index (κ1) is 19.8. The molecule has 1 atom stereocenters. The number of anilines is 1. The van der Waals surface area contributed by atoms with Gasteiger partial charge in [0, 0.05) is 17.3 Å². The van der Waals surface area contributed by atoms with E-state index < -0.39 is 11.8 Å². The molecule has 7 heteroatoms. The number of nitrogens with one attached hydrogen (secondary N) is 1. The number of methoxy groups -OCH3 is 2. The standard InChI is InChI=1S/C22H21N3O4/c1-13-19(22(26)25-14-7-5-4-6-8-14)20(17(12-23)21(24)29-13)16-10-9-15(27-2)11-18(16)28-3/h4-11,20H,24H2,1-3H3,(H,25,26)/t20-/m0/s1. The molecule has 0 aliphatic carbocycles. The Bertz CT molecular complexity index is 1040. The van der Waals surface area contributed by atoms with Crippen molar-refractivity contribution in [2.75, 3.05) is 19.5 Å². The number of rotatable bonds is 5. The quantitative estimate of drug-likeness (QED) is 0.809. The Hall–Kier alpha value is -3.92. The van der Waals surface area contributed by atoms with Gasteiger partial charge in [0.15, 0.2) is 0 Å². The maximum absolute atomic E-state index is 13.2. The number of ether oxygens (including phenoxy) is 3. The number of nitrogens with zero attached hydrogens (tertiary/aromatic N) is 1. The number of para-hydroxylation sites is 1. The largest absolute Gasteiger partial charge is 0.497 e. The van der Waals surface area contributed by atoms with Crippen LogP contribution in [0.4, 0.5) is 5.69 Å². The smallest absolute Gasteiger partial charge is 0.255 e. The zero-order valence-electron chi connectivity index (χ0n) is 16.4. The number of benzene rings is 2. The van der Waals surface area contributed by atoms with Gasteiger partial charge in [-0.2, -0.15) is 5.26 Å². The minimum absolute atomic E-state index is 0.0378. The van der Waals surface area contributed by atoms with E-state index in [0.717, 1.165) is 0 Å². The summed E-state index contributed by atoms with van der Waals surface area (Å²) in [6.45, 7) is 1.64. The fourth-order valence-corrected chi connectivity index (χ4v) is 3.26. The van der Waals surface area contributed by atoms with Crippen LogP contribution in [0.5, 0.6) is 11.5 Å². The highest BCUT2D eigenvalue weighted by molar-refractivity contribution is 6.06. The van der Waals surface area contributed by atoms with Gasteiger partial charge >= 0.3 is 0 Å². The van der Waals surface area contributed by atoms with E-state index in [9.17, 15) is 10.1 Å². The number of hydrogen-bond acceptors (Lipinski definition) is 6. The highest BCUT2D eigenvalue weighted by Gasteiger charge is 2.37. The van der Waals surface area contributed by atoms with Crippen LogP contribution in [0.25, 0.3) is 0 Å². The van der Waals surface area contributed by atoms with Gasteiger partial charge in [-0.15, -0.1) is 0 Å². The molecule has 2 aromatic rings. The SMILES string of the molecule is COc1ccc([C@H]2C(C#N)=C(N)OC(C)=C2C(=O)Nc2ccccc2)c(OC)c1. The molecular weight excluding hydrogens is 370 g/mol. The third-order valence-corrected chi connectivity index (χ3v) is 4.63. The molecule has 3 N–H and O–H groups in total. The number of nitrogens with two attached hydrogens (primary N) is 1. The molecule has 1 amide bonds. The Morgan fingerprint density at radius 1 is 1.17 bits per heavy atom. The number of carbonyl (C=O) groups is 1. The summed E-state index contributed by atoms with van der Waals surface area (Å²) in [5.41, 5.74) is 7.62. The second-order valence-corrected chi connectivity index (χ2v) is 6.32. The Kier molecular flexibility index (Phi) is 5.74. The lowest BCUT2D eigenvalue weighted by Crippen LogP contribution is -2.28. The van der Waals surface area contributed by atoms with Crippen molar-refractivity contribution in [2.45, 2.75) is 12.8 Å². The molecule has 2 aromatic carbocycles. The first-order valence-corrected chi connectivity index (χ1v) is 8.86. The van der Waals surface area contributed by atoms with Gasteiger partial charge in [-0.05, 0) is 25.1 Å². The summed E-state index contributed by atoms with van der Waals surface area (Å²) in [6.07, 6.45) is 0. The van der Waals surface area contributed by atoms with Crippen molar-refractivity contribution in [2.24, 2.45) is 5.73 Å². The average molecular weight is 391 g/mol. The third kappa shape index (κ3) is 3.87. The minimum atomic E-state index is -0.752. The fourth-order valence-electron chi connectivity index (χ4n) is 3.26. The van der Waals surface area contributed by atoms with Gasteiger partial charge in [0.2, 0.25) is 5.88 Å². The van der Waals surface area contributed by atoms with Gasteiger partial charge in [-0.1, -0.05) is 24.3 Å². The molecule has 148 valence electrons. The fraction of sp³-hybridized carbons (Fsp3) is 0.182. The summed E-state index contributed by atoms with van der Waals surface area (Å²) in [5, 5.41) is 12.6. The van der Waals surface area contributed by atoms with E-state index >= 15 is 0 Å². The lowest BCUT2D eigenvalue weighted by Gasteiger charge is -2.28. The van der Waals surface area contributed by atoms with Crippen molar-refractivity contribution in [1.29, 1.82) is 5.26 Å². The summed E-state index contributed by atoms with van der Waals surface area (Å²) < 4.78 is 16.3. The molecule has 3 rings (SSSR count). The molecule has 0 saturated heterocycles. The van der Waals surface area contributed by atoms with Crippen molar-refractivity contribution in [3.05, 3.63) is 76.9 Å². The number of allylic oxidation sites excluding steroid dienone is 2. The minimum Gasteiger partial charge on any atom is -0.497 e. The molecule has 0 aromatic heterocycles. The molecule has 1 aliphatic heterocycles. The van der Waals surface area contributed by atoms with Crippen LogP contribution in [0.1, 0.15) is 18.4 Å². The first-order chi connectivity index (χ1) is 14.0. The van der Waals surface area contributed by atoms with Crippen LogP contribution in [0.15, 0.2) is 71.3 Å². The lowest BCUT2D eigenvalue weighted by molar-refractivity contribution is -0.113. The maximum Gasteiger partial charge on any atom is 0.255 e. The van der Waals surface area contributed by atoms with Gasteiger partial charge in [0.1, 0.15) is 28.9 Å². The topological polar surface area (TPSA) is 107 Å². The van der Waals surface area contributed by atoms with E-state index in [0.29, 0.717) is 28.5 Å². The number of carbonyl (C=O) groups excluding carboxylic acids is 1. The van der Waals surface area contributed by atoms with E-state index in [2.05, 4.69) is 11.4 Å². The van der Waals surface area contributed by atoms with E-state index in [1.165, 1.54) is 7.11 Å². The molecule has 1 aliphatic rings. The van der Waals surface area contributed by atoms with Gasteiger partial charge in [-0.25, -0.2) is 0 Å². The summed E-state index contributed by atoms with van der Waals surface area (Å²) in [4.78, 5) is 13.2. The molecule has 1 heterocycles. The van der Waals surface area contributed by atoms with Crippen molar-refractivity contribution in [1.82, 2.24) is 0 Å². The van der Waals surface area contributed by atoms with E-state index in [1.54, 1.807) is 44.4 Å². The van der Waals surface area contributed by atoms with Gasteiger partial charge in [0.25, 0.3) is 5.91 Å². The second-order valence-electron chi connectivity index (χ2n) is 6.32. The van der Waals surface area contributed by atoms with E-state index in [4.69, 9.17) is 19.9 Å². The van der Waals surface area contributed by atoms with E-state index in [1.807, 2.05) is 18.2 Å². The average Bonchev–Trinajstić information content (AvgIpc) is 2.73. The maximum atomic E-state index is 13.2. The monoisotopic (exact) mass is 391 g/mol. The van der Waals surface area contributed by atoms with Crippen LogP contribution in [-0.4, -0.2) is 20.1 Å². The van der Waals surface area contributed by atoms with Gasteiger partial charge in [0.05, 0.1) is 25.7 Å². The summed E-state index contributed by atoms with van der Waals surface area (Å²) >= 11 is 0.